The van der Waals surface area contributed by atoms with Gasteiger partial charge >= 0.3 is 6.30 Å². The molecule has 9 nitrogen and oxygen atoms in total. The molecule has 3 rings (SSSR count). The van der Waals surface area contributed by atoms with E-state index in [-0.39, 0.29) is 6.54 Å². The zero-order valence-corrected chi connectivity index (χ0v) is 19.7. The second-order valence-electron chi connectivity index (χ2n) is 8.44. The van der Waals surface area contributed by atoms with Crippen LogP contribution >= 0.6 is 0 Å². The number of sulfonamides is 1. The molecule has 1 heterocycles. The number of nitrogens with zero attached hydrogens (tertiary/aromatic N) is 3. The number of nitro benzene ring substituents is 1. The number of alkyl halides is 3. The van der Waals surface area contributed by atoms with Crippen LogP contribution in [0.2, 0.25) is 0 Å². The fraction of sp³-hybridized carbons (Fsp3) is 0.455. The normalized spacial score (nSPS) is 17.1. The van der Waals surface area contributed by atoms with Crippen LogP contribution in [0.3, 0.4) is 0 Å². The first-order chi connectivity index (χ1) is 16.4. The average Bonchev–Trinajstić information content (AvgIpc) is 2.82. The molecule has 0 bridgehead atoms. The van der Waals surface area contributed by atoms with Gasteiger partial charge in [-0.1, -0.05) is 41.8 Å². The lowest BCUT2D eigenvalue weighted by molar-refractivity contribution is -0.387. The number of pyridine rings is 1. The van der Waals surface area contributed by atoms with Crippen molar-refractivity contribution in [3.05, 3.63) is 64.5 Å². The van der Waals surface area contributed by atoms with Crippen molar-refractivity contribution >= 4 is 21.6 Å². The molecule has 1 saturated carbocycles. The third-order valence-corrected chi connectivity index (χ3v) is 8.14. The van der Waals surface area contributed by atoms with Crippen molar-refractivity contribution in [1.82, 2.24) is 14.6 Å². The van der Waals surface area contributed by atoms with Crippen molar-refractivity contribution in [3.63, 3.8) is 0 Å². The second-order valence-corrected chi connectivity index (χ2v) is 10.2. The van der Waals surface area contributed by atoms with Gasteiger partial charge in [-0.05, 0) is 38.0 Å². The van der Waals surface area contributed by atoms with Crippen LogP contribution in [0.1, 0.15) is 44.7 Å². The summed E-state index contributed by atoms with van der Waals surface area (Å²) in [6.45, 7) is 0.772. The number of hydrogen-bond acceptors (Lipinski definition) is 6. The molecular formula is C22H25F3N4O5S. The smallest absolute Gasteiger partial charge is 0.354 e. The summed E-state index contributed by atoms with van der Waals surface area (Å²) in [5, 5.41) is 13.7. The van der Waals surface area contributed by atoms with Crippen molar-refractivity contribution in [2.24, 2.45) is 0 Å². The monoisotopic (exact) mass is 514 g/mol. The summed E-state index contributed by atoms with van der Waals surface area (Å²) in [4.78, 5) is 26.3. The number of carbonyl (C=O) groups excluding carboxylic acids is 1. The van der Waals surface area contributed by atoms with Crippen LogP contribution in [0.15, 0.2) is 53.6 Å². The lowest BCUT2D eigenvalue weighted by Gasteiger charge is -2.37. The van der Waals surface area contributed by atoms with Crippen molar-refractivity contribution in [2.45, 2.75) is 61.7 Å². The van der Waals surface area contributed by atoms with Gasteiger partial charge in [0.15, 0.2) is 4.90 Å². The van der Waals surface area contributed by atoms with E-state index in [2.05, 4.69) is 10.3 Å². The Morgan fingerprint density at radius 3 is 2.37 bits per heavy atom. The molecule has 1 aliphatic rings. The van der Waals surface area contributed by atoms with E-state index in [1.807, 2.05) is 0 Å². The Morgan fingerprint density at radius 2 is 1.80 bits per heavy atom. The largest absolute Gasteiger partial charge is 0.474 e. The SMILES string of the molecule is CC(C(=O)NCC1(c2ccccn2)CCCCC1)N(C(F)(F)F)S(=O)(=O)c1ccccc1[N+](=O)[O-]. The van der Waals surface area contributed by atoms with Gasteiger partial charge < -0.3 is 5.32 Å². The van der Waals surface area contributed by atoms with Gasteiger partial charge in [-0.15, -0.1) is 0 Å². The standard InChI is InChI=1S/C22H25F3N4O5S/c1-16(20(30)27-15-21(12-6-2-7-13-21)19-11-5-8-14-26-19)28(22(23,24)25)35(33,34)18-10-4-3-9-17(18)29(31)32/h3-5,8-11,14,16H,2,6-7,12-13,15H2,1H3,(H,27,30). The molecule has 1 aliphatic carbocycles. The minimum absolute atomic E-state index is 0.0234. The number of benzene rings is 1. The molecule has 190 valence electrons. The Morgan fingerprint density at radius 1 is 1.17 bits per heavy atom. The maximum Gasteiger partial charge on any atom is 0.474 e. The van der Waals surface area contributed by atoms with E-state index < -0.39 is 53.5 Å². The van der Waals surface area contributed by atoms with E-state index in [9.17, 15) is 36.5 Å². The Hall–Kier alpha value is -3.06. The van der Waals surface area contributed by atoms with Crippen LogP contribution in [0, 0.1) is 10.1 Å². The van der Waals surface area contributed by atoms with E-state index in [1.54, 1.807) is 24.4 Å². The number of halogens is 3. The summed E-state index contributed by atoms with van der Waals surface area (Å²) in [5.41, 5.74) is -0.909. The van der Waals surface area contributed by atoms with Gasteiger partial charge in [0.1, 0.15) is 6.04 Å². The summed E-state index contributed by atoms with van der Waals surface area (Å²) in [6.07, 6.45) is 0.0936. The number of para-hydroxylation sites is 1. The summed E-state index contributed by atoms with van der Waals surface area (Å²) in [5.74, 6) is -1.18. The van der Waals surface area contributed by atoms with Crippen LogP contribution in [0.25, 0.3) is 0 Å². The Labute approximate surface area is 200 Å². The molecule has 1 unspecified atom stereocenters. The van der Waals surface area contributed by atoms with E-state index >= 15 is 0 Å². The van der Waals surface area contributed by atoms with Gasteiger partial charge in [0.2, 0.25) is 5.91 Å². The minimum Gasteiger partial charge on any atom is -0.354 e. The van der Waals surface area contributed by atoms with Gasteiger partial charge in [-0.2, -0.15) is 13.2 Å². The molecule has 1 N–H and O–H groups in total. The third kappa shape index (κ3) is 5.61. The molecule has 1 amide bonds. The van der Waals surface area contributed by atoms with Crippen LogP contribution < -0.4 is 5.32 Å². The summed E-state index contributed by atoms with van der Waals surface area (Å²) >= 11 is 0. The third-order valence-electron chi connectivity index (χ3n) is 6.20. The quantitative estimate of drug-likeness (QED) is 0.324. The van der Waals surface area contributed by atoms with E-state index in [1.165, 1.54) is 0 Å². The Kier molecular flexibility index (Phi) is 7.80. The molecule has 1 fully saturated rings. The fourth-order valence-corrected chi connectivity index (χ4v) is 6.09. The molecule has 1 aromatic carbocycles. The molecular weight excluding hydrogens is 489 g/mol. The first-order valence-corrected chi connectivity index (χ1v) is 12.4. The van der Waals surface area contributed by atoms with Gasteiger partial charge in [0, 0.05) is 29.9 Å². The topological polar surface area (TPSA) is 123 Å². The number of nitro groups is 1. The zero-order valence-electron chi connectivity index (χ0n) is 18.9. The summed E-state index contributed by atoms with van der Waals surface area (Å²) in [6, 6.07) is 6.78. The van der Waals surface area contributed by atoms with Gasteiger partial charge in [-0.3, -0.25) is 19.9 Å². The summed E-state index contributed by atoms with van der Waals surface area (Å²) < 4.78 is 66.9. The number of amides is 1. The first-order valence-electron chi connectivity index (χ1n) is 10.9. The molecule has 0 radical (unpaired) electrons. The van der Waals surface area contributed by atoms with Crippen molar-refractivity contribution < 1.29 is 31.3 Å². The highest BCUT2D eigenvalue weighted by molar-refractivity contribution is 7.89. The van der Waals surface area contributed by atoms with Crippen molar-refractivity contribution in [1.29, 1.82) is 0 Å². The number of hydrogen-bond donors (Lipinski definition) is 1. The first kappa shape index (κ1) is 26.5. The van der Waals surface area contributed by atoms with E-state index in [0.29, 0.717) is 24.6 Å². The molecule has 35 heavy (non-hydrogen) atoms. The summed E-state index contributed by atoms with van der Waals surface area (Å²) in [7, 11) is -5.50. The molecule has 1 aromatic heterocycles. The lowest BCUT2D eigenvalue weighted by atomic mass is 9.71. The van der Waals surface area contributed by atoms with E-state index in [4.69, 9.17) is 0 Å². The van der Waals surface area contributed by atoms with Crippen LogP contribution in [0.5, 0.6) is 0 Å². The van der Waals surface area contributed by atoms with E-state index in [0.717, 1.165) is 44.4 Å². The predicted molar refractivity (Wildman–Crippen MR) is 120 cm³/mol. The van der Waals surface area contributed by atoms with Gasteiger partial charge in [0.25, 0.3) is 15.7 Å². The van der Waals surface area contributed by atoms with Gasteiger partial charge in [0.05, 0.1) is 4.92 Å². The van der Waals surface area contributed by atoms with Crippen molar-refractivity contribution in [2.75, 3.05) is 6.54 Å². The Balaban J connectivity index is 1.90. The fourth-order valence-electron chi connectivity index (χ4n) is 4.44. The highest BCUT2D eigenvalue weighted by Gasteiger charge is 2.53. The van der Waals surface area contributed by atoms with Crippen molar-refractivity contribution in [3.8, 4) is 0 Å². The predicted octanol–water partition coefficient (Wildman–Crippen LogP) is 3.91. The average molecular weight is 515 g/mol. The molecule has 0 aliphatic heterocycles. The van der Waals surface area contributed by atoms with Crippen LogP contribution in [0.4, 0.5) is 18.9 Å². The highest BCUT2D eigenvalue weighted by atomic mass is 32.2. The molecule has 13 heteroatoms. The zero-order chi connectivity index (χ0) is 25.9. The Bertz CT molecular complexity index is 1170. The molecule has 1 atom stereocenters. The molecule has 0 saturated heterocycles. The maximum atomic E-state index is 14.0. The number of aromatic nitrogens is 1. The highest BCUT2D eigenvalue weighted by Crippen LogP contribution is 2.38. The number of carbonyl (C=O) groups is 1. The minimum atomic E-state index is -5.51. The lowest BCUT2D eigenvalue weighted by Crippen LogP contribution is -2.55. The number of nitrogens with one attached hydrogen (secondary N) is 1. The maximum absolute atomic E-state index is 14.0. The van der Waals surface area contributed by atoms with Crippen LogP contribution in [-0.2, 0) is 20.2 Å². The second kappa shape index (κ2) is 10.3. The van der Waals surface area contributed by atoms with Gasteiger partial charge in [-0.25, -0.2) is 8.42 Å². The number of rotatable bonds is 8. The molecule has 2 aromatic rings. The molecule has 0 spiro atoms. The van der Waals surface area contributed by atoms with Crippen LogP contribution in [-0.4, -0.2) is 47.4 Å².